The molecule has 1 aromatic carbocycles. The molecule has 1 heterocycles. The summed E-state index contributed by atoms with van der Waals surface area (Å²) in [5, 5.41) is 0. The molecule has 0 aromatic heterocycles. The number of ether oxygens (including phenoxy) is 1. The first-order valence-electron chi connectivity index (χ1n) is 5.65. The van der Waals surface area contributed by atoms with E-state index in [9.17, 15) is 9.79 Å². The molecule has 0 radical (unpaired) electrons. The van der Waals surface area contributed by atoms with Gasteiger partial charge in [0.15, 0.2) is 0 Å². The molecule has 1 aliphatic heterocycles. The molecule has 2 rings (SSSR count). The van der Waals surface area contributed by atoms with Crippen LogP contribution in [-0.4, -0.2) is 23.5 Å². The lowest BCUT2D eigenvalue weighted by molar-refractivity contribution is -0.0632. The molecule has 1 atom stereocenters. The van der Waals surface area contributed by atoms with E-state index in [-0.39, 0.29) is 12.0 Å². The zero-order chi connectivity index (χ0) is 13.4. The highest BCUT2D eigenvalue weighted by molar-refractivity contribution is 7.54. The van der Waals surface area contributed by atoms with Gasteiger partial charge in [-0.05, 0) is 17.7 Å². The van der Waals surface area contributed by atoms with E-state index in [2.05, 4.69) is 0 Å². The predicted molar refractivity (Wildman–Crippen MR) is 67.9 cm³/mol. The fourth-order valence-electron chi connectivity index (χ4n) is 1.93. The summed E-state index contributed by atoms with van der Waals surface area (Å²) in [7, 11) is -2.09. The van der Waals surface area contributed by atoms with Gasteiger partial charge < -0.3 is 4.74 Å². The third kappa shape index (κ3) is 2.82. The zero-order valence-corrected chi connectivity index (χ0v) is 11.6. The van der Waals surface area contributed by atoms with Crippen LogP contribution in [0, 0.1) is 5.41 Å². The number of hydrogen-bond donors (Lipinski definition) is 2. The number of benzene rings is 1. The SMILES string of the molecule is COc1ccc(C2O[P+](O)(O)OCC2(C)C)cc1. The van der Waals surface area contributed by atoms with Crippen molar-refractivity contribution in [1.29, 1.82) is 0 Å². The summed E-state index contributed by atoms with van der Waals surface area (Å²) in [6.45, 7) is 4.16. The fraction of sp³-hybridized carbons (Fsp3) is 0.500. The quantitative estimate of drug-likeness (QED) is 0.810. The third-order valence-electron chi connectivity index (χ3n) is 2.98. The van der Waals surface area contributed by atoms with Gasteiger partial charge in [0.2, 0.25) is 0 Å². The van der Waals surface area contributed by atoms with E-state index < -0.39 is 14.3 Å². The molecule has 1 aliphatic rings. The summed E-state index contributed by atoms with van der Waals surface area (Å²) in [5.41, 5.74) is 0.542. The van der Waals surface area contributed by atoms with Gasteiger partial charge in [-0.15, -0.1) is 4.52 Å². The van der Waals surface area contributed by atoms with Crippen LogP contribution in [0.1, 0.15) is 25.5 Å². The molecule has 100 valence electrons. The van der Waals surface area contributed by atoms with Crippen molar-refractivity contribution in [3.8, 4) is 5.75 Å². The highest BCUT2D eigenvalue weighted by Crippen LogP contribution is 2.63. The summed E-state index contributed by atoms with van der Waals surface area (Å²) in [4.78, 5) is 19.1. The lowest BCUT2D eigenvalue weighted by atomic mass is 9.83. The van der Waals surface area contributed by atoms with Crippen molar-refractivity contribution < 1.29 is 23.6 Å². The van der Waals surface area contributed by atoms with Crippen molar-refractivity contribution in [3.63, 3.8) is 0 Å². The molecule has 1 aromatic rings. The number of hydrogen-bond acceptors (Lipinski definition) is 5. The summed E-state index contributed by atoms with van der Waals surface area (Å²) in [6.07, 6.45) is -0.416. The standard InChI is InChI=1S/C12H18O5P/c1-12(2)8-16-18(13,14)17-11(12)9-4-6-10(15-3)7-5-9/h4-7,11,13-14H,8H2,1-3H3/q+1. The summed E-state index contributed by atoms with van der Waals surface area (Å²) in [5.74, 6) is 0.748. The second-order valence-corrected chi connectivity index (χ2v) is 6.46. The largest absolute Gasteiger partial charge is 0.570 e. The van der Waals surface area contributed by atoms with Gasteiger partial charge >= 0.3 is 8.17 Å². The molecule has 6 heteroatoms. The molecular weight excluding hydrogens is 255 g/mol. The minimum absolute atomic E-state index is 0.241. The highest BCUT2D eigenvalue weighted by atomic mass is 31.2. The Balaban J connectivity index is 2.27. The molecule has 5 nitrogen and oxygen atoms in total. The Kier molecular flexibility index (Phi) is 3.63. The van der Waals surface area contributed by atoms with E-state index in [4.69, 9.17) is 13.8 Å². The van der Waals surface area contributed by atoms with Gasteiger partial charge in [-0.25, -0.2) is 0 Å². The Bertz CT molecular complexity index is 415. The minimum atomic E-state index is -3.69. The summed E-state index contributed by atoms with van der Waals surface area (Å²) in [6, 6.07) is 7.35. The van der Waals surface area contributed by atoms with Crippen molar-refractivity contribution in [3.05, 3.63) is 29.8 Å². The predicted octanol–water partition coefficient (Wildman–Crippen LogP) is 2.47. The maximum Gasteiger partial charge on any atom is 0.570 e. The molecule has 0 aliphatic carbocycles. The maximum absolute atomic E-state index is 9.54. The number of rotatable bonds is 2. The van der Waals surface area contributed by atoms with Crippen molar-refractivity contribution in [1.82, 2.24) is 0 Å². The lowest BCUT2D eigenvalue weighted by Gasteiger charge is -2.36. The van der Waals surface area contributed by atoms with Gasteiger partial charge in [0, 0.05) is 5.41 Å². The van der Waals surface area contributed by atoms with Crippen LogP contribution in [0.5, 0.6) is 5.75 Å². The van der Waals surface area contributed by atoms with E-state index in [0.29, 0.717) is 0 Å². The normalized spacial score (nSPS) is 25.7. The molecule has 18 heavy (non-hydrogen) atoms. The Hall–Kier alpha value is -0.710. The second kappa shape index (κ2) is 4.76. The van der Waals surface area contributed by atoms with Gasteiger partial charge in [0.25, 0.3) is 0 Å². The number of methoxy groups -OCH3 is 1. The van der Waals surface area contributed by atoms with Crippen LogP contribution in [-0.2, 0) is 9.05 Å². The monoisotopic (exact) mass is 273 g/mol. The first-order valence-corrected chi connectivity index (χ1v) is 7.18. The Morgan fingerprint density at radius 2 is 1.89 bits per heavy atom. The molecule has 0 spiro atoms. The topological polar surface area (TPSA) is 68.2 Å². The van der Waals surface area contributed by atoms with E-state index in [0.717, 1.165) is 11.3 Å². The van der Waals surface area contributed by atoms with Gasteiger partial charge in [-0.3, -0.25) is 0 Å². The van der Waals surface area contributed by atoms with Crippen molar-refractivity contribution >= 4 is 8.17 Å². The van der Waals surface area contributed by atoms with E-state index in [1.54, 1.807) is 7.11 Å². The smallest absolute Gasteiger partial charge is 0.497 e. The van der Waals surface area contributed by atoms with Crippen LogP contribution in [0.15, 0.2) is 24.3 Å². The molecule has 1 fully saturated rings. The van der Waals surface area contributed by atoms with Crippen LogP contribution in [0.4, 0.5) is 0 Å². The van der Waals surface area contributed by atoms with Crippen LogP contribution in [0.2, 0.25) is 0 Å². The zero-order valence-electron chi connectivity index (χ0n) is 10.7. The molecule has 2 N–H and O–H groups in total. The van der Waals surface area contributed by atoms with Crippen LogP contribution < -0.4 is 4.74 Å². The fourth-order valence-corrected chi connectivity index (χ4v) is 3.17. The van der Waals surface area contributed by atoms with Crippen LogP contribution in [0.3, 0.4) is 0 Å². The maximum atomic E-state index is 9.54. The first-order chi connectivity index (χ1) is 8.34. The first kappa shape index (κ1) is 13.7. The van der Waals surface area contributed by atoms with Crippen molar-refractivity contribution in [2.24, 2.45) is 5.41 Å². The van der Waals surface area contributed by atoms with E-state index in [1.807, 2.05) is 38.1 Å². The van der Waals surface area contributed by atoms with Crippen LogP contribution in [0.25, 0.3) is 0 Å². The Morgan fingerprint density at radius 1 is 1.28 bits per heavy atom. The molecule has 0 saturated carbocycles. The lowest BCUT2D eigenvalue weighted by Crippen LogP contribution is -2.34. The summed E-state index contributed by atoms with van der Waals surface area (Å²) >= 11 is 0. The molecule has 0 amide bonds. The Morgan fingerprint density at radius 3 is 2.44 bits per heavy atom. The average Bonchev–Trinajstić information content (AvgIpc) is 2.33. The van der Waals surface area contributed by atoms with Gasteiger partial charge in [-0.1, -0.05) is 26.0 Å². The Labute approximate surface area is 107 Å². The van der Waals surface area contributed by atoms with Gasteiger partial charge in [0.05, 0.1) is 7.11 Å². The van der Waals surface area contributed by atoms with Crippen molar-refractivity contribution in [2.75, 3.05) is 13.7 Å². The average molecular weight is 273 g/mol. The minimum Gasteiger partial charge on any atom is -0.497 e. The third-order valence-corrected chi connectivity index (χ3v) is 3.93. The molecular formula is C12H18O5P+. The summed E-state index contributed by atoms with van der Waals surface area (Å²) < 4.78 is 15.4. The molecule has 1 saturated heterocycles. The van der Waals surface area contributed by atoms with Crippen molar-refractivity contribution in [2.45, 2.75) is 20.0 Å². The highest BCUT2D eigenvalue weighted by Gasteiger charge is 2.54. The van der Waals surface area contributed by atoms with Gasteiger partial charge in [-0.2, -0.15) is 14.3 Å². The van der Waals surface area contributed by atoms with E-state index >= 15 is 0 Å². The molecule has 1 unspecified atom stereocenters. The van der Waals surface area contributed by atoms with Gasteiger partial charge in [0.1, 0.15) is 18.5 Å². The van der Waals surface area contributed by atoms with Crippen LogP contribution >= 0.6 is 8.17 Å². The van der Waals surface area contributed by atoms with E-state index in [1.165, 1.54) is 0 Å². The molecule has 0 bridgehead atoms. The second-order valence-electron chi connectivity index (χ2n) is 5.01.